The standard InChI is InChI=1S/C19H22N2O5S/c1-2-3-11-27(25,26)21-17-9-7-16(8-10-17)20-18(22)13-14-5-4-6-15(12-14)19(23)24/h4-10,12,21H,2-3,11,13H2,1H3,(H,20,22)(H,23,24). The van der Waals surface area contributed by atoms with Crippen molar-refractivity contribution in [1.29, 1.82) is 0 Å². The minimum absolute atomic E-state index is 0.0342. The Morgan fingerprint density at radius 3 is 2.33 bits per heavy atom. The molecule has 0 saturated carbocycles. The van der Waals surface area contributed by atoms with E-state index < -0.39 is 16.0 Å². The lowest BCUT2D eigenvalue weighted by Crippen LogP contribution is -2.17. The quantitative estimate of drug-likeness (QED) is 0.609. The molecule has 2 rings (SSSR count). The summed E-state index contributed by atoms with van der Waals surface area (Å²) >= 11 is 0. The van der Waals surface area contributed by atoms with Crippen LogP contribution >= 0.6 is 0 Å². The Morgan fingerprint density at radius 2 is 1.70 bits per heavy atom. The number of benzene rings is 2. The highest BCUT2D eigenvalue weighted by atomic mass is 32.2. The van der Waals surface area contributed by atoms with Gasteiger partial charge >= 0.3 is 5.97 Å². The van der Waals surface area contributed by atoms with Crippen LogP contribution in [0.1, 0.15) is 35.7 Å². The molecular formula is C19H22N2O5S. The molecule has 0 aliphatic heterocycles. The largest absolute Gasteiger partial charge is 0.478 e. The highest BCUT2D eigenvalue weighted by molar-refractivity contribution is 7.92. The Kier molecular flexibility index (Phi) is 6.95. The Hall–Kier alpha value is -2.87. The third-order valence-electron chi connectivity index (χ3n) is 3.75. The number of aromatic carboxylic acids is 1. The van der Waals surface area contributed by atoms with Gasteiger partial charge in [-0.05, 0) is 48.4 Å². The van der Waals surface area contributed by atoms with E-state index >= 15 is 0 Å². The average Bonchev–Trinajstić information content (AvgIpc) is 2.61. The fourth-order valence-corrected chi connectivity index (χ4v) is 3.66. The van der Waals surface area contributed by atoms with Crippen LogP contribution in [0.3, 0.4) is 0 Å². The monoisotopic (exact) mass is 390 g/mol. The van der Waals surface area contributed by atoms with Crippen molar-refractivity contribution in [3.8, 4) is 0 Å². The van der Waals surface area contributed by atoms with Gasteiger partial charge < -0.3 is 10.4 Å². The molecule has 3 N–H and O–H groups in total. The highest BCUT2D eigenvalue weighted by Gasteiger charge is 2.10. The van der Waals surface area contributed by atoms with E-state index in [-0.39, 0.29) is 23.6 Å². The third-order valence-corrected chi connectivity index (χ3v) is 5.12. The van der Waals surface area contributed by atoms with E-state index in [4.69, 9.17) is 5.11 Å². The van der Waals surface area contributed by atoms with Crippen LogP contribution in [0.4, 0.5) is 11.4 Å². The number of carboxylic acid groups (broad SMARTS) is 1. The molecule has 0 spiro atoms. The highest BCUT2D eigenvalue weighted by Crippen LogP contribution is 2.16. The number of sulfonamides is 1. The summed E-state index contributed by atoms with van der Waals surface area (Å²) in [5.41, 5.74) is 1.66. The van der Waals surface area contributed by atoms with Crippen molar-refractivity contribution in [2.24, 2.45) is 0 Å². The molecule has 1 amide bonds. The fourth-order valence-electron chi connectivity index (χ4n) is 2.39. The Balaban J connectivity index is 1.95. The van der Waals surface area contributed by atoms with Crippen molar-refractivity contribution in [3.05, 3.63) is 59.7 Å². The van der Waals surface area contributed by atoms with Crippen LogP contribution in [-0.4, -0.2) is 31.2 Å². The van der Waals surface area contributed by atoms with Crippen LogP contribution in [0.2, 0.25) is 0 Å². The fraction of sp³-hybridized carbons (Fsp3) is 0.263. The lowest BCUT2D eigenvalue weighted by molar-refractivity contribution is -0.115. The van der Waals surface area contributed by atoms with Gasteiger partial charge in [-0.3, -0.25) is 9.52 Å². The number of carbonyl (C=O) groups excluding carboxylic acids is 1. The molecule has 0 radical (unpaired) electrons. The second kappa shape index (κ2) is 9.18. The lowest BCUT2D eigenvalue weighted by Gasteiger charge is -2.09. The molecule has 0 aliphatic carbocycles. The molecule has 0 heterocycles. The first-order valence-electron chi connectivity index (χ1n) is 8.51. The van der Waals surface area contributed by atoms with Crippen molar-refractivity contribution in [2.75, 3.05) is 15.8 Å². The summed E-state index contributed by atoms with van der Waals surface area (Å²) in [5.74, 6) is -1.28. The van der Waals surface area contributed by atoms with Crippen LogP contribution < -0.4 is 10.0 Å². The van der Waals surface area contributed by atoms with Gasteiger partial charge in [-0.2, -0.15) is 0 Å². The van der Waals surface area contributed by atoms with E-state index in [2.05, 4.69) is 10.0 Å². The normalized spacial score (nSPS) is 11.0. The molecular weight excluding hydrogens is 368 g/mol. The SMILES string of the molecule is CCCCS(=O)(=O)Nc1ccc(NC(=O)Cc2cccc(C(=O)O)c2)cc1. The molecule has 0 unspecified atom stereocenters. The first-order chi connectivity index (χ1) is 12.8. The van der Waals surface area contributed by atoms with Crippen molar-refractivity contribution >= 4 is 33.3 Å². The second-order valence-corrected chi connectivity index (χ2v) is 7.92. The maximum absolute atomic E-state index is 12.1. The summed E-state index contributed by atoms with van der Waals surface area (Å²) < 4.78 is 26.2. The predicted molar refractivity (Wildman–Crippen MR) is 104 cm³/mol. The summed E-state index contributed by atoms with van der Waals surface area (Å²) in [6, 6.07) is 12.5. The van der Waals surface area contributed by atoms with Crippen LogP contribution in [0, 0.1) is 0 Å². The summed E-state index contributed by atoms with van der Waals surface area (Å²) in [5, 5.41) is 11.7. The molecule has 0 saturated heterocycles. The van der Waals surface area contributed by atoms with Gasteiger partial charge in [0.2, 0.25) is 15.9 Å². The van der Waals surface area contributed by atoms with Crippen LogP contribution in [0.15, 0.2) is 48.5 Å². The van der Waals surface area contributed by atoms with E-state index in [9.17, 15) is 18.0 Å². The maximum Gasteiger partial charge on any atom is 0.335 e. The van der Waals surface area contributed by atoms with Gasteiger partial charge in [0, 0.05) is 11.4 Å². The van der Waals surface area contributed by atoms with Crippen LogP contribution in [0.5, 0.6) is 0 Å². The molecule has 144 valence electrons. The third kappa shape index (κ3) is 6.74. The van der Waals surface area contributed by atoms with E-state index in [1.54, 1.807) is 36.4 Å². The van der Waals surface area contributed by atoms with Crippen LogP contribution in [0.25, 0.3) is 0 Å². The smallest absolute Gasteiger partial charge is 0.335 e. The van der Waals surface area contributed by atoms with Gasteiger partial charge in [0.05, 0.1) is 17.7 Å². The van der Waals surface area contributed by atoms with Crippen molar-refractivity contribution in [2.45, 2.75) is 26.2 Å². The average molecular weight is 390 g/mol. The molecule has 0 bridgehead atoms. The Morgan fingerprint density at radius 1 is 1.04 bits per heavy atom. The molecule has 27 heavy (non-hydrogen) atoms. The second-order valence-electron chi connectivity index (χ2n) is 6.08. The van der Waals surface area contributed by atoms with Crippen molar-refractivity contribution < 1.29 is 23.1 Å². The zero-order chi connectivity index (χ0) is 19.9. The maximum atomic E-state index is 12.1. The summed E-state index contributed by atoms with van der Waals surface area (Å²) in [7, 11) is -3.37. The summed E-state index contributed by atoms with van der Waals surface area (Å²) in [4.78, 5) is 23.1. The number of rotatable bonds is 9. The molecule has 0 aromatic heterocycles. The number of nitrogens with one attached hydrogen (secondary N) is 2. The molecule has 2 aromatic carbocycles. The summed E-state index contributed by atoms with van der Waals surface area (Å²) in [6.45, 7) is 1.92. The van der Waals surface area contributed by atoms with Gasteiger partial charge in [-0.15, -0.1) is 0 Å². The molecule has 7 nitrogen and oxygen atoms in total. The topological polar surface area (TPSA) is 113 Å². The Bertz CT molecular complexity index is 908. The predicted octanol–water partition coefficient (Wildman–Crippen LogP) is 3.11. The van der Waals surface area contributed by atoms with Crippen molar-refractivity contribution in [1.82, 2.24) is 0 Å². The number of anilines is 2. The molecule has 0 fully saturated rings. The number of amides is 1. The zero-order valence-corrected chi connectivity index (χ0v) is 15.8. The van der Waals surface area contributed by atoms with E-state index in [1.165, 1.54) is 12.1 Å². The minimum atomic E-state index is -3.37. The van der Waals surface area contributed by atoms with Gasteiger partial charge in [-0.25, -0.2) is 13.2 Å². The number of hydrogen-bond acceptors (Lipinski definition) is 4. The van der Waals surface area contributed by atoms with Gasteiger partial charge in [0.15, 0.2) is 0 Å². The van der Waals surface area contributed by atoms with Gasteiger partial charge in [0.25, 0.3) is 0 Å². The summed E-state index contributed by atoms with van der Waals surface area (Å²) in [6.07, 6.45) is 1.42. The molecule has 0 aliphatic rings. The number of hydrogen-bond donors (Lipinski definition) is 3. The number of carbonyl (C=O) groups is 2. The van der Waals surface area contributed by atoms with E-state index in [0.29, 0.717) is 23.4 Å². The lowest BCUT2D eigenvalue weighted by atomic mass is 10.1. The van der Waals surface area contributed by atoms with Crippen LogP contribution in [-0.2, 0) is 21.2 Å². The number of unbranched alkanes of at least 4 members (excludes halogenated alkanes) is 1. The molecule has 0 atom stereocenters. The van der Waals surface area contributed by atoms with E-state index in [0.717, 1.165) is 6.42 Å². The molecule has 8 heteroatoms. The van der Waals surface area contributed by atoms with Gasteiger partial charge in [-0.1, -0.05) is 25.5 Å². The first kappa shape index (κ1) is 20.4. The molecule has 2 aromatic rings. The minimum Gasteiger partial charge on any atom is -0.478 e. The first-order valence-corrected chi connectivity index (χ1v) is 10.2. The Labute approximate surface area is 158 Å². The zero-order valence-electron chi connectivity index (χ0n) is 14.9. The number of carboxylic acids is 1. The van der Waals surface area contributed by atoms with E-state index in [1.807, 2.05) is 6.92 Å². The van der Waals surface area contributed by atoms with Crippen molar-refractivity contribution in [3.63, 3.8) is 0 Å². The van der Waals surface area contributed by atoms with Gasteiger partial charge in [0.1, 0.15) is 0 Å².